The minimum Gasteiger partial charge on any atom is -0.467 e. The van der Waals surface area contributed by atoms with E-state index in [0.717, 1.165) is 0 Å². The molecule has 0 fully saturated rings. The second-order valence-corrected chi connectivity index (χ2v) is 4.65. The Morgan fingerprint density at radius 1 is 1.42 bits per heavy atom. The quantitative estimate of drug-likeness (QED) is 0.503. The molecule has 0 aliphatic carbocycles. The van der Waals surface area contributed by atoms with Crippen LogP contribution in [-0.4, -0.2) is 24.0 Å². The van der Waals surface area contributed by atoms with Crippen molar-refractivity contribution in [1.29, 1.82) is 0 Å². The van der Waals surface area contributed by atoms with Gasteiger partial charge in [-0.2, -0.15) is 0 Å². The van der Waals surface area contributed by atoms with E-state index >= 15 is 0 Å². The van der Waals surface area contributed by atoms with Gasteiger partial charge in [0.15, 0.2) is 0 Å². The number of carbonyl (C=O) groups excluding carboxylic acids is 1. The van der Waals surface area contributed by atoms with E-state index in [4.69, 9.17) is 4.74 Å². The molecule has 104 valence electrons. The van der Waals surface area contributed by atoms with Crippen LogP contribution < -0.4 is 5.32 Å². The first-order valence-electron chi connectivity index (χ1n) is 5.96. The van der Waals surface area contributed by atoms with Gasteiger partial charge in [0.2, 0.25) is 0 Å². The standard InChI is InChI=1S/C13H18N2O4/c1-8(2)12(13(16)19-4)14-10-5-6-11(15(17)18)9(3)7-10/h5-8,12,14H,1-4H3. The molecule has 1 atom stereocenters. The summed E-state index contributed by atoms with van der Waals surface area (Å²) in [7, 11) is 1.33. The summed E-state index contributed by atoms with van der Waals surface area (Å²) in [6, 6.07) is 4.18. The predicted octanol–water partition coefficient (Wildman–Crippen LogP) is 2.51. The maximum absolute atomic E-state index is 11.6. The number of aryl methyl sites for hydroxylation is 1. The molecule has 1 rings (SSSR count). The number of nitro benzene ring substituents is 1. The van der Waals surface area contributed by atoms with Gasteiger partial charge in [-0.3, -0.25) is 10.1 Å². The summed E-state index contributed by atoms with van der Waals surface area (Å²) in [5, 5.41) is 13.8. The summed E-state index contributed by atoms with van der Waals surface area (Å²) in [6.45, 7) is 5.45. The molecule has 1 aromatic rings. The topological polar surface area (TPSA) is 81.5 Å². The number of benzene rings is 1. The lowest BCUT2D eigenvalue weighted by Crippen LogP contribution is -2.35. The molecule has 1 aromatic carbocycles. The first-order chi connectivity index (χ1) is 8.86. The lowest BCUT2D eigenvalue weighted by atomic mass is 10.0. The molecule has 0 aliphatic rings. The van der Waals surface area contributed by atoms with Gasteiger partial charge in [-0.1, -0.05) is 13.8 Å². The number of rotatable bonds is 5. The van der Waals surface area contributed by atoms with Crippen molar-refractivity contribution in [2.75, 3.05) is 12.4 Å². The van der Waals surface area contributed by atoms with Crippen molar-refractivity contribution >= 4 is 17.3 Å². The zero-order chi connectivity index (χ0) is 14.6. The van der Waals surface area contributed by atoms with E-state index < -0.39 is 11.0 Å². The van der Waals surface area contributed by atoms with Crippen LogP contribution in [0.25, 0.3) is 0 Å². The third-order valence-corrected chi connectivity index (χ3v) is 2.84. The first kappa shape index (κ1) is 14.9. The summed E-state index contributed by atoms with van der Waals surface area (Å²) in [6.07, 6.45) is 0. The normalized spacial score (nSPS) is 12.1. The Morgan fingerprint density at radius 3 is 2.47 bits per heavy atom. The Bertz CT molecular complexity index is 486. The van der Waals surface area contributed by atoms with Gasteiger partial charge < -0.3 is 10.1 Å². The molecule has 0 aliphatic heterocycles. The van der Waals surface area contributed by atoms with Crippen LogP contribution in [0.1, 0.15) is 19.4 Å². The average Bonchev–Trinajstić information content (AvgIpc) is 2.34. The Labute approximate surface area is 111 Å². The van der Waals surface area contributed by atoms with Crippen molar-refractivity contribution in [1.82, 2.24) is 0 Å². The lowest BCUT2D eigenvalue weighted by Gasteiger charge is -2.21. The number of nitro groups is 1. The number of methoxy groups -OCH3 is 1. The van der Waals surface area contributed by atoms with Crippen LogP contribution in [-0.2, 0) is 9.53 Å². The molecule has 0 amide bonds. The first-order valence-corrected chi connectivity index (χ1v) is 5.96. The zero-order valence-electron chi connectivity index (χ0n) is 11.5. The van der Waals surface area contributed by atoms with Gasteiger partial charge in [-0.05, 0) is 25.0 Å². The Balaban J connectivity index is 2.95. The van der Waals surface area contributed by atoms with Gasteiger partial charge in [-0.25, -0.2) is 4.79 Å². The second-order valence-electron chi connectivity index (χ2n) is 4.65. The molecule has 0 spiro atoms. The molecule has 0 saturated carbocycles. The number of esters is 1. The molecular formula is C13H18N2O4. The van der Waals surface area contributed by atoms with Crippen LogP contribution >= 0.6 is 0 Å². The summed E-state index contributed by atoms with van der Waals surface area (Å²) in [5.41, 5.74) is 1.26. The molecule has 1 N–H and O–H groups in total. The minimum absolute atomic E-state index is 0.0444. The van der Waals surface area contributed by atoms with Crippen LogP contribution in [0.5, 0.6) is 0 Å². The fraction of sp³-hybridized carbons (Fsp3) is 0.462. The largest absolute Gasteiger partial charge is 0.467 e. The number of nitrogens with zero attached hydrogens (tertiary/aromatic N) is 1. The van der Waals surface area contributed by atoms with Crippen molar-refractivity contribution in [3.8, 4) is 0 Å². The number of carbonyl (C=O) groups is 1. The molecular weight excluding hydrogens is 248 g/mol. The van der Waals surface area contributed by atoms with Crippen LogP contribution in [0.3, 0.4) is 0 Å². The Hall–Kier alpha value is -2.11. The van der Waals surface area contributed by atoms with Crippen molar-refractivity contribution in [2.45, 2.75) is 26.8 Å². The number of nitrogens with one attached hydrogen (secondary N) is 1. The van der Waals surface area contributed by atoms with Crippen molar-refractivity contribution < 1.29 is 14.5 Å². The maximum Gasteiger partial charge on any atom is 0.328 e. The van der Waals surface area contributed by atoms with Crippen LogP contribution in [0.15, 0.2) is 18.2 Å². The van der Waals surface area contributed by atoms with Crippen LogP contribution in [0.4, 0.5) is 11.4 Å². The Kier molecular flexibility index (Phi) is 4.86. The molecule has 0 bridgehead atoms. The van der Waals surface area contributed by atoms with Gasteiger partial charge in [0, 0.05) is 17.3 Å². The van der Waals surface area contributed by atoms with E-state index in [1.165, 1.54) is 13.2 Å². The fourth-order valence-corrected chi connectivity index (χ4v) is 1.75. The number of hydrogen-bond acceptors (Lipinski definition) is 5. The van der Waals surface area contributed by atoms with E-state index in [9.17, 15) is 14.9 Å². The number of hydrogen-bond donors (Lipinski definition) is 1. The van der Waals surface area contributed by atoms with E-state index in [1.807, 2.05) is 13.8 Å². The molecule has 6 heteroatoms. The smallest absolute Gasteiger partial charge is 0.328 e. The molecule has 0 saturated heterocycles. The van der Waals surface area contributed by atoms with Gasteiger partial charge >= 0.3 is 5.97 Å². The highest BCUT2D eigenvalue weighted by Crippen LogP contribution is 2.23. The predicted molar refractivity (Wildman–Crippen MR) is 72.1 cm³/mol. The van der Waals surface area contributed by atoms with Gasteiger partial charge in [-0.15, -0.1) is 0 Å². The third-order valence-electron chi connectivity index (χ3n) is 2.84. The van der Waals surface area contributed by atoms with Crippen LogP contribution in [0.2, 0.25) is 0 Å². The second kappa shape index (κ2) is 6.17. The lowest BCUT2D eigenvalue weighted by molar-refractivity contribution is -0.385. The highest BCUT2D eigenvalue weighted by Gasteiger charge is 2.23. The van der Waals surface area contributed by atoms with E-state index in [1.54, 1.807) is 19.1 Å². The fourth-order valence-electron chi connectivity index (χ4n) is 1.75. The molecule has 19 heavy (non-hydrogen) atoms. The molecule has 0 radical (unpaired) electrons. The maximum atomic E-state index is 11.6. The van der Waals surface area contributed by atoms with Crippen molar-refractivity contribution in [3.05, 3.63) is 33.9 Å². The summed E-state index contributed by atoms with van der Waals surface area (Å²) in [5.74, 6) is -0.311. The van der Waals surface area contributed by atoms with Crippen molar-refractivity contribution in [2.24, 2.45) is 5.92 Å². The Morgan fingerprint density at radius 2 is 2.05 bits per heavy atom. The van der Waals surface area contributed by atoms with E-state index in [2.05, 4.69) is 5.32 Å². The zero-order valence-corrected chi connectivity index (χ0v) is 11.5. The van der Waals surface area contributed by atoms with E-state index in [0.29, 0.717) is 11.3 Å². The summed E-state index contributed by atoms with van der Waals surface area (Å²) >= 11 is 0. The third kappa shape index (κ3) is 3.67. The molecule has 1 unspecified atom stereocenters. The number of ether oxygens (including phenoxy) is 1. The monoisotopic (exact) mass is 266 g/mol. The van der Waals surface area contributed by atoms with Gasteiger partial charge in [0.25, 0.3) is 5.69 Å². The highest BCUT2D eigenvalue weighted by atomic mass is 16.6. The van der Waals surface area contributed by atoms with Crippen LogP contribution in [0, 0.1) is 23.0 Å². The van der Waals surface area contributed by atoms with Gasteiger partial charge in [0.05, 0.1) is 12.0 Å². The minimum atomic E-state index is -0.481. The number of anilines is 1. The average molecular weight is 266 g/mol. The van der Waals surface area contributed by atoms with E-state index in [-0.39, 0.29) is 17.6 Å². The SMILES string of the molecule is COC(=O)C(Nc1ccc([N+](=O)[O-])c(C)c1)C(C)C. The van der Waals surface area contributed by atoms with Gasteiger partial charge in [0.1, 0.15) is 6.04 Å². The molecule has 6 nitrogen and oxygen atoms in total. The summed E-state index contributed by atoms with van der Waals surface area (Å²) < 4.78 is 4.73. The molecule has 0 aromatic heterocycles. The van der Waals surface area contributed by atoms with Crippen molar-refractivity contribution in [3.63, 3.8) is 0 Å². The molecule has 0 heterocycles. The highest BCUT2D eigenvalue weighted by molar-refractivity contribution is 5.79. The summed E-state index contributed by atoms with van der Waals surface area (Å²) in [4.78, 5) is 21.9.